The lowest BCUT2D eigenvalue weighted by atomic mass is 9.98. The summed E-state index contributed by atoms with van der Waals surface area (Å²) in [5, 5.41) is 2.82. The maximum absolute atomic E-state index is 12.0. The van der Waals surface area contributed by atoms with Crippen molar-refractivity contribution in [3.63, 3.8) is 0 Å². The van der Waals surface area contributed by atoms with E-state index in [0.29, 0.717) is 39.2 Å². The lowest BCUT2D eigenvalue weighted by Crippen LogP contribution is -2.30. The molecule has 0 saturated carbocycles. The predicted molar refractivity (Wildman–Crippen MR) is 115 cm³/mol. The number of nitrogens with two attached hydrogens (primary N) is 1. The average molecular weight is 399 g/mol. The Bertz CT molecular complexity index is 994. The number of ketones is 1. The Morgan fingerprint density at radius 1 is 1.24 bits per heavy atom. The van der Waals surface area contributed by atoms with Crippen LogP contribution < -0.4 is 11.1 Å². The Labute approximate surface area is 170 Å². The summed E-state index contributed by atoms with van der Waals surface area (Å²) in [5.41, 5.74) is 8.91. The van der Waals surface area contributed by atoms with E-state index in [1.165, 1.54) is 6.92 Å². The summed E-state index contributed by atoms with van der Waals surface area (Å²) < 4.78 is 0. The topological polar surface area (TPSA) is 130 Å². The van der Waals surface area contributed by atoms with Gasteiger partial charge in [-0.1, -0.05) is 20.8 Å². The molecule has 0 spiro atoms. The highest BCUT2D eigenvalue weighted by atomic mass is 16.2. The van der Waals surface area contributed by atoms with E-state index in [-0.39, 0.29) is 17.7 Å². The molecule has 3 aromatic rings. The third-order valence-electron chi connectivity index (χ3n) is 4.00. The van der Waals surface area contributed by atoms with Crippen LogP contribution in [0, 0.1) is 5.41 Å². The number of hydrogen-bond donors (Lipinski definition) is 4. The molecule has 29 heavy (non-hydrogen) atoms. The van der Waals surface area contributed by atoms with E-state index >= 15 is 0 Å². The van der Waals surface area contributed by atoms with Crippen LogP contribution in [-0.4, -0.2) is 44.2 Å². The van der Waals surface area contributed by atoms with Crippen LogP contribution in [-0.2, 0) is 0 Å². The molecular formula is C21H30N6O2. The Morgan fingerprint density at radius 3 is 2.45 bits per heavy atom. The number of hydrogen-bond acceptors (Lipinski definition) is 5. The molecule has 5 N–H and O–H groups in total. The van der Waals surface area contributed by atoms with Crippen molar-refractivity contribution < 1.29 is 9.59 Å². The van der Waals surface area contributed by atoms with Crippen molar-refractivity contribution in [2.45, 2.75) is 47.6 Å². The normalized spacial score (nSPS) is 11.3. The standard InChI is InChI=1S/C16H17N5O2.C5H13N/c1-8(2)19-16(23)12-5-4-11(20-12)13-7-18-15-14(21-13)10(6-17-15)9(3)22;1-5(2,3)4-6/h4-8,20H,1-3H3,(H,17,18)(H,19,23);4,6H2,1-3H3. The number of carbonyl (C=O) groups excluding carboxylic acids is 2. The zero-order chi connectivity index (χ0) is 21.8. The monoisotopic (exact) mass is 398 g/mol. The van der Waals surface area contributed by atoms with Crippen molar-refractivity contribution >= 4 is 22.9 Å². The van der Waals surface area contributed by atoms with Gasteiger partial charge >= 0.3 is 0 Å². The number of aromatic nitrogens is 4. The van der Waals surface area contributed by atoms with Crippen molar-refractivity contribution in [2.24, 2.45) is 11.1 Å². The molecular weight excluding hydrogens is 368 g/mol. The molecule has 0 aromatic carbocycles. The molecule has 8 heteroatoms. The van der Waals surface area contributed by atoms with E-state index in [2.05, 4.69) is 46.0 Å². The molecule has 0 fully saturated rings. The van der Waals surface area contributed by atoms with Crippen LogP contribution >= 0.6 is 0 Å². The van der Waals surface area contributed by atoms with Gasteiger partial charge in [0, 0.05) is 12.2 Å². The van der Waals surface area contributed by atoms with Gasteiger partial charge in [-0.05, 0) is 44.9 Å². The van der Waals surface area contributed by atoms with E-state index in [1.54, 1.807) is 24.5 Å². The molecule has 3 heterocycles. The first-order chi connectivity index (χ1) is 13.5. The number of aromatic amines is 2. The molecule has 0 atom stereocenters. The van der Waals surface area contributed by atoms with Gasteiger partial charge in [-0.3, -0.25) is 9.59 Å². The van der Waals surface area contributed by atoms with Gasteiger partial charge in [-0.2, -0.15) is 0 Å². The van der Waals surface area contributed by atoms with Crippen LogP contribution in [0.1, 0.15) is 62.4 Å². The van der Waals surface area contributed by atoms with Crippen LogP contribution in [0.4, 0.5) is 0 Å². The second-order valence-electron chi connectivity index (χ2n) is 8.39. The molecule has 8 nitrogen and oxygen atoms in total. The van der Waals surface area contributed by atoms with Gasteiger partial charge in [0.25, 0.3) is 5.91 Å². The van der Waals surface area contributed by atoms with Crippen molar-refractivity contribution in [2.75, 3.05) is 6.54 Å². The van der Waals surface area contributed by atoms with Crippen LogP contribution in [0.2, 0.25) is 0 Å². The first-order valence-electron chi connectivity index (χ1n) is 9.57. The zero-order valence-electron chi connectivity index (χ0n) is 17.9. The predicted octanol–water partition coefficient (Wildman–Crippen LogP) is 3.29. The largest absolute Gasteiger partial charge is 0.349 e. The lowest BCUT2D eigenvalue weighted by Gasteiger charge is -2.12. The number of amides is 1. The molecule has 3 rings (SSSR count). The minimum Gasteiger partial charge on any atom is -0.349 e. The quantitative estimate of drug-likeness (QED) is 0.501. The number of nitrogens with zero attached hydrogens (tertiary/aromatic N) is 2. The van der Waals surface area contributed by atoms with Crippen molar-refractivity contribution in [3.05, 3.63) is 35.8 Å². The average Bonchev–Trinajstić information content (AvgIpc) is 3.27. The minimum absolute atomic E-state index is 0.0587. The number of rotatable bonds is 4. The molecule has 0 unspecified atom stereocenters. The summed E-state index contributed by atoms with van der Waals surface area (Å²) in [7, 11) is 0. The zero-order valence-corrected chi connectivity index (χ0v) is 17.9. The van der Waals surface area contributed by atoms with E-state index in [4.69, 9.17) is 5.73 Å². The number of nitrogens with one attached hydrogen (secondary N) is 3. The second-order valence-corrected chi connectivity index (χ2v) is 8.39. The molecule has 3 aromatic heterocycles. The fraction of sp³-hybridized carbons (Fsp3) is 0.429. The SMILES string of the molecule is CC(=O)c1c[nH]c2ncc(-c3ccc(C(=O)NC(C)C)[nH]3)nc12.CC(C)(C)CN. The second kappa shape index (κ2) is 9.00. The summed E-state index contributed by atoms with van der Waals surface area (Å²) in [5.74, 6) is -0.252. The number of H-pyrrole nitrogens is 2. The Kier molecular flexibility index (Phi) is 6.92. The molecule has 0 aliphatic carbocycles. The Morgan fingerprint density at radius 2 is 1.90 bits per heavy atom. The van der Waals surface area contributed by atoms with Gasteiger partial charge < -0.3 is 21.0 Å². The highest BCUT2D eigenvalue weighted by Crippen LogP contribution is 2.21. The summed E-state index contributed by atoms with van der Waals surface area (Å²) in [6, 6.07) is 3.52. The van der Waals surface area contributed by atoms with Crippen molar-refractivity contribution in [1.29, 1.82) is 0 Å². The molecule has 0 aliphatic heterocycles. The van der Waals surface area contributed by atoms with Crippen molar-refractivity contribution in [3.8, 4) is 11.4 Å². The summed E-state index contributed by atoms with van der Waals surface area (Å²) in [4.78, 5) is 38.3. The van der Waals surface area contributed by atoms with Gasteiger partial charge in [0.05, 0.1) is 17.5 Å². The number of fused-ring (bicyclic) bond motifs is 1. The van der Waals surface area contributed by atoms with Crippen LogP contribution in [0.25, 0.3) is 22.6 Å². The maximum atomic E-state index is 12.0. The first-order valence-corrected chi connectivity index (χ1v) is 9.57. The fourth-order valence-corrected chi connectivity index (χ4v) is 2.31. The molecule has 0 bridgehead atoms. The van der Waals surface area contributed by atoms with Crippen LogP contribution in [0.3, 0.4) is 0 Å². The molecule has 0 radical (unpaired) electrons. The highest BCUT2D eigenvalue weighted by molar-refractivity contribution is 6.04. The summed E-state index contributed by atoms with van der Waals surface area (Å²) in [6.07, 6.45) is 3.20. The third-order valence-corrected chi connectivity index (χ3v) is 4.00. The Hall–Kier alpha value is -3.00. The number of Topliss-reactive ketones (excluding diaryl/α,β-unsaturated/α-hetero) is 1. The lowest BCUT2D eigenvalue weighted by molar-refractivity contribution is 0.0938. The molecule has 0 aliphatic rings. The fourth-order valence-electron chi connectivity index (χ4n) is 2.31. The van der Waals surface area contributed by atoms with E-state index < -0.39 is 0 Å². The Balaban J connectivity index is 0.000000438. The van der Waals surface area contributed by atoms with Gasteiger partial charge in [0.15, 0.2) is 11.4 Å². The smallest absolute Gasteiger partial charge is 0.267 e. The summed E-state index contributed by atoms with van der Waals surface area (Å²) >= 11 is 0. The van der Waals surface area contributed by atoms with Crippen molar-refractivity contribution in [1.82, 2.24) is 25.3 Å². The van der Waals surface area contributed by atoms with Crippen LogP contribution in [0.5, 0.6) is 0 Å². The van der Waals surface area contributed by atoms with E-state index in [1.807, 2.05) is 13.8 Å². The van der Waals surface area contributed by atoms with Gasteiger partial charge in [0.2, 0.25) is 0 Å². The maximum Gasteiger partial charge on any atom is 0.267 e. The van der Waals surface area contributed by atoms with Crippen LogP contribution in [0.15, 0.2) is 24.5 Å². The van der Waals surface area contributed by atoms with E-state index in [9.17, 15) is 9.59 Å². The van der Waals surface area contributed by atoms with Gasteiger partial charge in [-0.15, -0.1) is 0 Å². The third kappa shape index (κ3) is 5.99. The van der Waals surface area contributed by atoms with Gasteiger partial charge in [0.1, 0.15) is 16.9 Å². The first kappa shape index (κ1) is 22.3. The molecule has 0 saturated heterocycles. The molecule has 1 amide bonds. The van der Waals surface area contributed by atoms with E-state index in [0.717, 1.165) is 6.54 Å². The highest BCUT2D eigenvalue weighted by Gasteiger charge is 2.14. The summed E-state index contributed by atoms with van der Waals surface area (Å²) in [6.45, 7) is 12.4. The minimum atomic E-state index is -0.175. The number of carbonyl (C=O) groups is 2. The molecule has 156 valence electrons. The van der Waals surface area contributed by atoms with Gasteiger partial charge in [-0.25, -0.2) is 9.97 Å².